The van der Waals surface area contributed by atoms with E-state index in [0.29, 0.717) is 19.4 Å². The van der Waals surface area contributed by atoms with Crippen LogP contribution < -0.4 is 0 Å². The molecule has 0 atom stereocenters. The van der Waals surface area contributed by atoms with E-state index in [1.165, 1.54) is 12.1 Å². The second-order valence-corrected chi connectivity index (χ2v) is 6.23. The van der Waals surface area contributed by atoms with Crippen LogP contribution in [0.3, 0.4) is 0 Å². The van der Waals surface area contributed by atoms with Gasteiger partial charge >= 0.3 is 0 Å². The van der Waals surface area contributed by atoms with Crippen molar-refractivity contribution < 1.29 is 13.6 Å². The fourth-order valence-electron chi connectivity index (χ4n) is 3.07. The molecule has 0 bridgehead atoms. The third-order valence-corrected chi connectivity index (χ3v) is 4.44. The minimum Gasteiger partial charge on any atom is -0.461 e. The lowest BCUT2D eigenvalue weighted by Crippen LogP contribution is -2.26. The second-order valence-electron chi connectivity index (χ2n) is 6.23. The van der Waals surface area contributed by atoms with Crippen molar-refractivity contribution in [3.63, 3.8) is 0 Å². The minimum atomic E-state index is -0.268. The molecule has 3 nitrogen and oxygen atoms in total. The predicted octanol–water partition coefficient (Wildman–Crippen LogP) is 4.73. The van der Waals surface area contributed by atoms with Gasteiger partial charge in [0.15, 0.2) is 0 Å². The van der Waals surface area contributed by atoms with Gasteiger partial charge in [-0.15, -0.1) is 0 Å². The maximum absolute atomic E-state index is 13.2. The van der Waals surface area contributed by atoms with Crippen LogP contribution in [0.5, 0.6) is 0 Å². The standard InChI is InChI=1S/C21H22FNO2/c1-3-19-18(17-9-4-5-10-20(17)25-19)14-23(2)21(24)12-11-15-7-6-8-16(22)13-15/h4-10,13H,3,11-12,14H2,1-2H3. The number of carbonyl (C=O) groups excluding carboxylic acids is 1. The fourth-order valence-corrected chi connectivity index (χ4v) is 3.07. The van der Waals surface area contributed by atoms with Crippen LogP contribution in [0, 0.1) is 5.82 Å². The molecule has 0 aliphatic heterocycles. The van der Waals surface area contributed by atoms with Gasteiger partial charge in [0, 0.05) is 37.4 Å². The highest BCUT2D eigenvalue weighted by Gasteiger charge is 2.17. The van der Waals surface area contributed by atoms with Gasteiger partial charge < -0.3 is 9.32 Å². The van der Waals surface area contributed by atoms with Gasteiger partial charge in [0.05, 0.1) is 0 Å². The SMILES string of the molecule is CCc1oc2ccccc2c1CN(C)C(=O)CCc1cccc(F)c1. The van der Waals surface area contributed by atoms with E-state index in [2.05, 4.69) is 0 Å². The Labute approximate surface area is 147 Å². The lowest BCUT2D eigenvalue weighted by atomic mass is 10.1. The molecule has 1 aromatic heterocycles. The van der Waals surface area contributed by atoms with Gasteiger partial charge in [0.2, 0.25) is 5.91 Å². The lowest BCUT2D eigenvalue weighted by Gasteiger charge is -2.17. The number of hydrogen-bond acceptors (Lipinski definition) is 2. The quantitative estimate of drug-likeness (QED) is 0.651. The Kier molecular flexibility index (Phi) is 5.17. The summed E-state index contributed by atoms with van der Waals surface area (Å²) in [5.74, 6) is 0.693. The van der Waals surface area contributed by atoms with Crippen molar-refractivity contribution in [2.45, 2.75) is 32.7 Å². The average molecular weight is 339 g/mol. The van der Waals surface area contributed by atoms with Crippen molar-refractivity contribution >= 4 is 16.9 Å². The number of carbonyl (C=O) groups is 1. The van der Waals surface area contributed by atoms with Crippen LogP contribution in [0.2, 0.25) is 0 Å². The van der Waals surface area contributed by atoms with Crippen molar-refractivity contribution in [1.29, 1.82) is 0 Å². The summed E-state index contributed by atoms with van der Waals surface area (Å²) in [5, 5.41) is 1.06. The summed E-state index contributed by atoms with van der Waals surface area (Å²) in [6.07, 6.45) is 1.68. The molecule has 0 fully saturated rings. The van der Waals surface area contributed by atoms with E-state index >= 15 is 0 Å². The zero-order chi connectivity index (χ0) is 17.8. The number of halogens is 1. The summed E-state index contributed by atoms with van der Waals surface area (Å²) in [7, 11) is 1.80. The smallest absolute Gasteiger partial charge is 0.222 e. The molecule has 1 heterocycles. The molecule has 2 aromatic carbocycles. The number of furan rings is 1. The summed E-state index contributed by atoms with van der Waals surface area (Å²) in [4.78, 5) is 14.2. The first-order chi connectivity index (χ1) is 12.1. The number of fused-ring (bicyclic) bond motifs is 1. The van der Waals surface area contributed by atoms with Gasteiger partial charge in [-0.2, -0.15) is 0 Å². The topological polar surface area (TPSA) is 33.5 Å². The number of para-hydroxylation sites is 1. The molecule has 0 N–H and O–H groups in total. The first kappa shape index (κ1) is 17.2. The Morgan fingerprint density at radius 2 is 1.96 bits per heavy atom. The monoisotopic (exact) mass is 339 g/mol. The molecule has 130 valence electrons. The first-order valence-corrected chi connectivity index (χ1v) is 8.56. The minimum absolute atomic E-state index is 0.0385. The van der Waals surface area contributed by atoms with Crippen molar-refractivity contribution in [2.75, 3.05) is 7.05 Å². The van der Waals surface area contributed by atoms with E-state index in [0.717, 1.165) is 34.3 Å². The van der Waals surface area contributed by atoms with Crippen LogP contribution in [0.1, 0.15) is 30.2 Å². The largest absolute Gasteiger partial charge is 0.461 e. The summed E-state index contributed by atoms with van der Waals surface area (Å²) >= 11 is 0. The van der Waals surface area contributed by atoms with Crippen molar-refractivity contribution in [1.82, 2.24) is 4.90 Å². The maximum Gasteiger partial charge on any atom is 0.222 e. The number of nitrogens with zero attached hydrogens (tertiary/aromatic N) is 1. The van der Waals surface area contributed by atoms with E-state index in [1.54, 1.807) is 18.0 Å². The lowest BCUT2D eigenvalue weighted by molar-refractivity contribution is -0.130. The third kappa shape index (κ3) is 3.90. The highest BCUT2D eigenvalue weighted by Crippen LogP contribution is 2.27. The van der Waals surface area contributed by atoms with E-state index in [1.807, 2.05) is 37.3 Å². The fraction of sp³-hybridized carbons (Fsp3) is 0.286. The average Bonchev–Trinajstić information content (AvgIpc) is 2.97. The normalized spacial score (nSPS) is 11.0. The Bertz CT molecular complexity index is 884. The van der Waals surface area contributed by atoms with Gasteiger partial charge in [0.1, 0.15) is 17.2 Å². The number of aryl methyl sites for hydroxylation is 2. The molecule has 3 rings (SSSR count). The molecular formula is C21H22FNO2. The van der Waals surface area contributed by atoms with Crippen LogP contribution in [0.15, 0.2) is 52.9 Å². The molecule has 0 aliphatic carbocycles. The molecule has 0 aliphatic rings. The van der Waals surface area contributed by atoms with E-state index in [-0.39, 0.29) is 11.7 Å². The van der Waals surface area contributed by atoms with Crippen LogP contribution in [0.25, 0.3) is 11.0 Å². The molecular weight excluding hydrogens is 317 g/mol. The molecule has 0 radical (unpaired) electrons. The van der Waals surface area contributed by atoms with Gasteiger partial charge in [0.25, 0.3) is 0 Å². The van der Waals surface area contributed by atoms with Gasteiger partial charge in [-0.3, -0.25) is 4.79 Å². The zero-order valence-corrected chi connectivity index (χ0v) is 14.6. The molecule has 0 saturated heterocycles. The molecule has 1 amide bonds. The van der Waals surface area contributed by atoms with Gasteiger partial charge in [-0.05, 0) is 30.2 Å². The Balaban J connectivity index is 1.69. The summed E-state index contributed by atoms with van der Waals surface area (Å²) in [6, 6.07) is 14.3. The van der Waals surface area contributed by atoms with E-state index in [4.69, 9.17) is 4.42 Å². The molecule has 3 aromatic rings. The third-order valence-electron chi connectivity index (χ3n) is 4.44. The van der Waals surface area contributed by atoms with E-state index in [9.17, 15) is 9.18 Å². The van der Waals surface area contributed by atoms with Crippen molar-refractivity contribution in [3.05, 3.63) is 71.2 Å². The van der Waals surface area contributed by atoms with Crippen LogP contribution in [0.4, 0.5) is 4.39 Å². The second kappa shape index (κ2) is 7.51. The summed E-state index contributed by atoms with van der Waals surface area (Å²) in [5.41, 5.74) is 2.76. The van der Waals surface area contributed by atoms with E-state index < -0.39 is 0 Å². The van der Waals surface area contributed by atoms with Crippen LogP contribution >= 0.6 is 0 Å². The highest BCUT2D eigenvalue weighted by molar-refractivity contribution is 5.83. The van der Waals surface area contributed by atoms with Crippen molar-refractivity contribution in [3.8, 4) is 0 Å². The number of rotatable bonds is 6. The highest BCUT2D eigenvalue weighted by atomic mass is 19.1. The molecule has 0 saturated carbocycles. The maximum atomic E-state index is 13.2. The molecule has 0 unspecified atom stereocenters. The van der Waals surface area contributed by atoms with Gasteiger partial charge in [-0.25, -0.2) is 4.39 Å². The first-order valence-electron chi connectivity index (χ1n) is 8.56. The number of hydrogen-bond donors (Lipinski definition) is 0. The summed E-state index contributed by atoms with van der Waals surface area (Å²) < 4.78 is 19.1. The Morgan fingerprint density at radius 3 is 2.72 bits per heavy atom. The number of amides is 1. The van der Waals surface area contributed by atoms with Gasteiger partial charge in [-0.1, -0.05) is 37.3 Å². The van der Waals surface area contributed by atoms with Crippen molar-refractivity contribution in [2.24, 2.45) is 0 Å². The molecule has 0 spiro atoms. The van der Waals surface area contributed by atoms with Crippen LogP contribution in [-0.4, -0.2) is 17.9 Å². The van der Waals surface area contributed by atoms with Crippen LogP contribution in [-0.2, 0) is 24.2 Å². The molecule has 25 heavy (non-hydrogen) atoms. The predicted molar refractivity (Wildman–Crippen MR) is 96.8 cm³/mol. The summed E-state index contributed by atoms with van der Waals surface area (Å²) in [6.45, 7) is 2.56. The Morgan fingerprint density at radius 1 is 1.16 bits per heavy atom. The zero-order valence-electron chi connectivity index (χ0n) is 14.6. The Hall–Kier alpha value is -2.62. The molecule has 4 heteroatoms. The number of benzene rings is 2.